The molecule has 2 rings (SSSR count). The van der Waals surface area contributed by atoms with Gasteiger partial charge in [0.05, 0.1) is 23.9 Å². The Labute approximate surface area is 119 Å². The molecule has 1 aliphatic carbocycles. The Balaban J connectivity index is 2.01. The molecule has 0 bridgehead atoms. The van der Waals surface area contributed by atoms with Gasteiger partial charge in [0.2, 0.25) is 5.88 Å². The van der Waals surface area contributed by atoms with Crippen LogP contribution < -0.4 is 10.1 Å². The van der Waals surface area contributed by atoms with Crippen molar-refractivity contribution in [3.05, 3.63) is 12.4 Å². The van der Waals surface area contributed by atoms with Crippen LogP contribution in [-0.4, -0.2) is 27.5 Å². The first-order valence-corrected chi connectivity index (χ1v) is 7.48. The van der Waals surface area contributed by atoms with Crippen molar-refractivity contribution in [3.8, 4) is 5.88 Å². The summed E-state index contributed by atoms with van der Waals surface area (Å²) in [6.45, 7) is 3.95. The average molecular weight is 284 g/mol. The number of anilines is 1. The number of alkyl halides is 1. The number of hydrogen-bond acceptors (Lipinski definition) is 4. The molecule has 0 radical (unpaired) electrons. The van der Waals surface area contributed by atoms with E-state index in [0.717, 1.165) is 18.7 Å². The van der Waals surface area contributed by atoms with E-state index in [-0.39, 0.29) is 17.5 Å². The van der Waals surface area contributed by atoms with E-state index in [0.29, 0.717) is 5.88 Å². The van der Waals surface area contributed by atoms with Gasteiger partial charge in [0.15, 0.2) is 0 Å². The highest BCUT2D eigenvalue weighted by molar-refractivity contribution is 6.21. The van der Waals surface area contributed by atoms with E-state index in [2.05, 4.69) is 15.3 Å². The predicted molar refractivity (Wildman–Crippen MR) is 77.9 cm³/mol. The highest BCUT2D eigenvalue weighted by atomic mass is 35.5. The molecule has 4 nitrogen and oxygen atoms in total. The van der Waals surface area contributed by atoms with E-state index in [9.17, 15) is 0 Å². The smallest absolute Gasteiger partial charge is 0.234 e. The molecular weight excluding hydrogens is 262 g/mol. The molecule has 19 heavy (non-hydrogen) atoms. The lowest BCUT2D eigenvalue weighted by Crippen LogP contribution is -2.29. The molecular formula is C14H22ClN3O. The second-order valence-electron chi connectivity index (χ2n) is 5.31. The fourth-order valence-electron chi connectivity index (χ4n) is 2.33. The number of aromatic nitrogens is 2. The van der Waals surface area contributed by atoms with Crippen molar-refractivity contribution in [3.63, 3.8) is 0 Å². The number of halogens is 1. The molecule has 2 unspecified atom stereocenters. The third-order valence-electron chi connectivity index (χ3n) is 3.23. The summed E-state index contributed by atoms with van der Waals surface area (Å²) in [5, 5.41) is 3.56. The summed E-state index contributed by atoms with van der Waals surface area (Å²) in [7, 11) is 0. The van der Waals surface area contributed by atoms with E-state index in [1.54, 1.807) is 12.4 Å². The number of nitrogens with one attached hydrogen (secondary N) is 1. The van der Waals surface area contributed by atoms with Crippen molar-refractivity contribution in [1.29, 1.82) is 0 Å². The summed E-state index contributed by atoms with van der Waals surface area (Å²) in [5.74, 6) is 1.30. The van der Waals surface area contributed by atoms with Crippen molar-refractivity contribution in [2.24, 2.45) is 0 Å². The first-order chi connectivity index (χ1) is 9.15. The molecule has 1 saturated carbocycles. The normalized spacial score (nSPS) is 24.0. The summed E-state index contributed by atoms with van der Waals surface area (Å²) in [5.41, 5.74) is 0. The molecule has 0 aliphatic heterocycles. The highest BCUT2D eigenvalue weighted by Crippen LogP contribution is 2.25. The van der Waals surface area contributed by atoms with E-state index in [1.807, 2.05) is 13.8 Å². The van der Waals surface area contributed by atoms with Gasteiger partial charge in [-0.05, 0) is 26.7 Å². The van der Waals surface area contributed by atoms with Crippen LogP contribution in [-0.2, 0) is 0 Å². The lowest BCUT2D eigenvalue weighted by Gasteiger charge is -2.21. The van der Waals surface area contributed by atoms with E-state index < -0.39 is 0 Å². The van der Waals surface area contributed by atoms with Crippen molar-refractivity contribution in [1.82, 2.24) is 9.97 Å². The second kappa shape index (κ2) is 6.94. The van der Waals surface area contributed by atoms with E-state index >= 15 is 0 Å². The van der Waals surface area contributed by atoms with Gasteiger partial charge < -0.3 is 10.1 Å². The molecule has 1 heterocycles. The van der Waals surface area contributed by atoms with Crippen molar-refractivity contribution in [2.45, 2.75) is 63.5 Å². The second-order valence-corrected chi connectivity index (χ2v) is 5.87. The molecule has 1 N–H and O–H groups in total. The summed E-state index contributed by atoms with van der Waals surface area (Å²) in [4.78, 5) is 8.58. The maximum atomic E-state index is 6.42. The zero-order valence-electron chi connectivity index (χ0n) is 11.6. The van der Waals surface area contributed by atoms with Gasteiger partial charge in [-0.3, -0.25) is 4.98 Å². The van der Waals surface area contributed by atoms with Gasteiger partial charge in [-0.25, -0.2) is 0 Å². The number of hydrogen-bond donors (Lipinski definition) is 1. The topological polar surface area (TPSA) is 47.0 Å². The van der Waals surface area contributed by atoms with Crippen LogP contribution in [0.25, 0.3) is 0 Å². The van der Waals surface area contributed by atoms with Crippen LogP contribution in [0, 0.1) is 0 Å². The van der Waals surface area contributed by atoms with Crippen LogP contribution in [0.15, 0.2) is 12.4 Å². The zero-order valence-corrected chi connectivity index (χ0v) is 12.4. The average Bonchev–Trinajstić information content (AvgIpc) is 2.55. The van der Waals surface area contributed by atoms with Gasteiger partial charge in [0.1, 0.15) is 5.82 Å². The van der Waals surface area contributed by atoms with Gasteiger partial charge in [-0.2, -0.15) is 4.98 Å². The quantitative estimate of drug-likeness (QED) is 0.677. The monoisotopic (exact) mass is 283 g/mol. The Morgan fingerprint density at radius 1 is 1.26 bits per heavy atom. The number of nitrogens with zero attached hydrogens (tertiary/aromatic N) is 2. The van der Waals surface area contributed by atoms with Gasteiger partial charge >= 0.3 is 0 Å². The molecule has 1 aliphatic rings. The standard InChI is InChI=1S/C14H22ClN3O/c1-10(2)19-14-9-16-8-13(18-14)17-12-7-5-3-4-6-11(12)15/h8-12H,3-7H2,1-2H3,(H,17,18). The van der Waals surface area contributed by atoms with Crippen LogP contribution >= 0.6 is 11.6 Å². The van der Waals surface area contributed by atoms with Crippen LogP contribution in [0.4, 0.5) is 5.82 Å². The molecule has 1 fully saturated rings. The van der Waals surface area contributed by atoms with Gasteiger partial charge in [-0.15, -0.1) is 11.6 Å². The Kier molecular flexibility index (Phi) is 5.25. The third-order valence-corrected chi connectivity index (χ3v) is 3.76. The zero-order chi connectivity index (χ0) is 13.7. The molecule has 0 spiro atoms. The predicted octanol–water partition coefficient (Wildman–Crippen LogP) is 3.62. The summed E-state index contributed by atoms with van der Waals surface area (Å²) in [6.07, 6.45) is 9.32. The fraction of sp³-hybridized carbons (Fsp3) is 0.714. The van der Waals surface area contributed by atoms with Crippen molar-refractivity contribution in [2.75, 3.05) is 5.32 Å². The lowest BCUT2D eigenvalue weighted by atomic mass is 10.1. The Hall–Kier alpha value is -1.03. The van der Waals surface area contributed by atoms with E-state index in [4.69, 9.17) is 16.3 Å². The van der Waals surface area contributed by atoms with Crippen LogP contribution in [0.3, 0.4) is 0 Å². The third kappa shape index (κ3) is 4.53. The molecule has 1 aromatic rings. The molecule has 0 amide bonds. The summed E-state index contributed by atoms with van der Waals surface area (Å²) in [6, 6.07) is 0.271. The number of ether oxygens (including phenoxy) is 1. The minimum Gasteiger partial charge on any atom is -0.474 e. The lowest BCUT2D eigenvalue weighted by molar-refractivity contribution is 0.232. The maximum absolute atomic E-state index is 6.42. The van der Waals surface area contributed by atoms with Crippen LogP contribution in [0.1, 0.15) is 46.0 Å². The Morgan fingerprint density at radius 2 is 2.05 bits per heavy atom. The molecule has 2 atom stereocenters. The molecule has 5 heteroatoms. The van der Waals surface area contributed by atoms with Crippen molar-refractivity contribution < 1.29 is 4.74 Å². The van der Waals surface area contributed by atoms with Crippen LogP contribution in [0.5, 0.6) is 5.88 Å². The molecule has 0 aromatic carbocycles. The minimum absolute atomic E-state index is 0.100. The first kappa shape index (κ1) is 14.4. The summed E-state index contributed by atoms with van der Waals surface area (Å²) >= 11 is 6.42. The van der Waals surface area contributed by atoms with Gasteiger partial charge in [0.25, 0.3) is 0 Å². The minimum atomic E-state index is 0.100. The Bertz CT molecular complexity index is 400. The largest absolute Gasteiger partial charge is 0.474 e. The van der Waals surface area contributed by atoms with Crippen LogP contribution in [0.2, 0.25) is 0 Å². The van der Waals surface area contributed by atoms with Gasteiger partial charge in [0, 0.05) is 6.04 Å². The highest BCUT2D eigenvalue weighted by Gasteiger charge is 2.22. The molecule has 0 saturated heterocycles. The first-order valence-electron chi connectivity index (χ1n) is 7.04. The fourth-order valence-corrected chi connectivity index (χ4v) is 2.67. The maximum Gasteiger partial charge on any atom is 0.234 e. The number of rotatable bonds is 4. The Morgan fingerprint density at radius 3 is 2.84 bits per heavy atom. The van der Waals surface area contributed by atoms with Gasteiger partial charge in [-0.1, -0.05) is 19.3 Å². The van der Waals surface area contributed by atoms with Crippen molar-refractivity contribution >= 4 is 17.4 Å². The summed E-state index contributed by atoms with van der Waals surface area (Å²) < 4.78 is 5.55. The molecule has 1 aromatic heterocycles. The SMILES string of the molecule is CC(C)Oc1cncc(NC2CCCCCC2Cl)n1. The molecule has 106 valence electrons. The van der Waals surface area contributed by atoms with E-state index in [1.165, 1.54) is 19.3 Å².